The Kier molecular flexibility index (Phi) is 5.00. The van der Waals surface area contributed by atoms with E-state index >= 15 is 0 Å². The van der Waals surface area contributed by atoms with Crippen LogP contribution in [0.5, 0.6) is 0 Å². The predicted octanol–water partition coefficient (Wildman–Crippen LogP) is 5.99. The third-order valence-corrected chi connectivity index (χ3v) is 5.58. The summed E-state index contributed by atoms with van der Waals surface area (Å²) in [5, 5.41) is 7.53. The fraction of sp³-hybridized carbons (Fsp3) is 0.211. The Labute approximate surface area is 169 Å². The topological polar surface area (TPSA) is 54.5 Å². The number of hydrogen-bond donors (Lipinski definition) is 1. The molecule has 4 rings (SSSR count). The van der Waals surface area contributed by atoms with Crippen LogP contribution < -0.4 is 0 Å². The summed E-state index contributed by atoms with van der Waals surface area (Å²) in [6.07, 6.45) is -8.50. The summed E-state index contributed by atoms with van der Waals surface area (Å²) < 4.78 is 79.8. The fourth-order valence-electron chi connectivity index (χ4n) is 3.01. The van der Waals surface area contributed by atoms with Crippen LogP contribution >= 0.6 is 11.3 Å². The first kappa shape index (κ1) is 20.3. The fourth-order valence-corrected chi connectivity index (χ4v) is 3.98. The van der Waals surface area contributed by atoms with Crippen LogP contribution in [0.1, 0.15) is 22.1 Å². The van der Waals surface area contributed by atoms with Crippen molar-refractivity contribution in [3.05, 3.63) is 64.9 Å². The van der Waals surface area contributed by atoms with E-state index in [-0.39, 0.29) is 15.6 Å². The van der Waals surface area contributed by atoms with Gasteiger partial charge in [0.15, 0.2) is 0 Å². The zero-order valence-electron chi connectivity index (χ0n) is 14.9. The molecule has 1 atom stereocenters. The van der Waals surface area contributed by atoms with E-state index in [1.807, 2.05) is 0 Å². The van der Waals surface area contributed by atoms with Crippen molar-refractivity contribution in [3.8, 4) is 10.6 Å². The molecule has 2 aromatic heterocycles. The zero-order chi connectivity index (χ0) is 21.5. The summed E-state index contributed by atoms with van der Waals surface area (Å²) in [4.78, 5) is 6.98. The van der Waals surface area contributed by atoms with E-state index in [1.165, 1.54) is 12.4 Å². The minimum Gasteiger partial charge on any atom is -0.345 e. The molecule has 0 bridgehead atoms. The van der Waals surface area contributed by atoms with Crippen LogP contribution in [0.2, 0.25) is 0 Å². The van der Waals surface area contributed by atoms with Gasteiger partial charge in [0.1, 0.15) is 15.9 Å². The largest absolute Gasteiger partial charge is 0.416 e. The highest BCUT2D eigenvalue weighted by Gasteiger charge is 2.43. The summed E-state index contributed by atoms with van der Waals surface area (Å²) in [5.74, 6) is -2.07. The standard InChI is InChI=1S/C19H12F6N4S/c20-18(21,22)12-3-1-2-10(6-12)7-13(19(23,24)25)17-29-28-16(30-17)11-4-5-14-15(8-11)27-9-26-14/h1-6,8-9,13H,7H2,(H,26,27). The zero-order valence-corrected chi connectivity index (χ0v) is 15.7. The monoisotopic (exact) mass is 442 g/mol. The van der Waals surface area contributed by atoms with Gasteiger partial charge in [0.25, 0.3) is 0 Å². The van der Waals surface area contributed by atoms with E-state index in [0.717, 1.165) is 29.5 Å². The van der Waals surface area contributed by atoms with Crippen molar-refractivity contribution in [1.82, 2.24) is 20.2 Å². The second-order valence-corrected chi connectivity index (χ2v) is 7.59. The van der Waals surface area contributed by atoms with Crippen molar-refractivity contribution in [2.24, 2.45) is 0 Å². The highest BCUT2D eigenvalue weighted by molar-refractivity contribution is 7.14. The Morgan fingerprint density at radius 3 is 2.50 bits per heavy atom. The van der Waals surface area contributed by atoms with E-state index in [0.29, 0.717) is 16.6 Å². The van der Waals surface area contributed by atoms with Gasteiger partial charge < -0.3 is 4.98 Å². The third kappa shape index (κ3) is 4.16. The van der Waals surface area contributed by atoms with Crippen LogP contribution in [0.25, 0.3) is 21.6 Å². The average Bonchev–Trinajstić information content (AvgIpc) is 3.33. The molecule has 0 radical (unpaired) electrons. The summed E-state index contributed by atoms with van der Waals surface area (Å²) in [6, 6.07) is 8.95. The summed E-state index contributed by atoms with van der Waals surface area (Å²) in [6.45, 7) is 0. The number of alkyl halides is 6. The smallest absolute Gasteiger partial charge is 0.345 e. The van der Waals surface area contributed by atoms with Crippen LogP contribution in [-0.2, 0) is 12.6 Å². The van der Waals surface area contributed by atoms with E-state index in [1.54, 1.807) is 18.2 Å². The molecule has 4 aromatic rings. The van der Waals surface area contributed by atoms with Crippen LogP contribution in [0, 0.1) is 0 Å². The maximum absolute atomic E-state index is 13.7. The first-order chi connectivity index (χ1) is 14.1. The molecule has 0 amide bonds. The van der Waals surface area contributed by atoms with Crippen LogP contribution in [0.3, 0.4) is 0 Å². The van der Waals surface area contributed by atoms with Gasteiger partial charge in [-0.2, -0.15) is 26.3 Å². The summed E-state index contributed by atoms with van der Waals surface area (Å²) >= 11 is 0.762. The maximum Gasteiger partial charge on any atom is 0.416 e. The number of benzene rings is 2. The second kappa shape index (κ2) is 7.38. The number of rotatable bonds is 4. The van der Waals surface area contributed by atoms with E-state index in [2.05, 4.69) is 20.2 Å². The molecular weight excluding hydrogens is 430 g/mol. The molecule has 0 saturated heterocycles. The second-order valence-electron chi connectivity index (χ2n) is 6.58. The van der Waals surface area contributed by atoms with Gasteiger partial charge in [-0.05, 0) is 36.2 Å². The van der Waals surface area contributed by atoms with Gasteiger partial charge in [0.05, 0.1) is 22.9 Å². The molecule has 156 valence electrons. The highest BCUT2D eigenvalue weighted by atomic mass is 32.1. The number of nitrogens with zero attached hydrogens (tertiary/aromatic N) is 3. The molecule has 0 spiro atoms. The Hall–Kier alpha value is -2.95. The SMILES string of the molecule is FC(F)(F)c1cccc(CC(c2nnc(-c3ccc4nc[nH]c4c3)s2)C(F)(F)F)c1. The lowest BCUT2D eigenvalue weighted by molar-refractivity contribution is -0.150. The summed E-state index contributed by atoms with van der Waals surface area (Å²) in [5.41, 5.74) is 0.881. The summed E-state index contributed by atoms with van der Waals surface area (Å²) in [7, 11) is 0. The molecule has 2 heterocycles. The van der Waals surface area contributed by atoms with Gasteiger partial charge in [-0.1, -0.05) is 29.5 Å². The molecule has 1 N–H and O–H groups in total. The van der Waals surface area contributed by atoms with Gasteiger partial charge in [0, 0.05) is 5.56 Å². The number of hydrogen-bond acceptors (Lipinski definition) is 4. The van der Waals surface area contributed by atoms with E-state index in [9.17, 15) is 26.3 Å². The Bertz CT molecular complexity index is 1180. The number of fused-ring (bicyclic) bond motifs is 1. The Morgan fingerprint density at radius 1 is 0.967 bits per heavy atom. The molecule has 0 aliphatic rings. The van der Waals surface area contributed by atoms with Crippen LogP contribution in [-0.4, -0.2) is 26.3 Å². The average molecular weight is 442 g/mol. The quantitative estimate of drug-likeness (QED) is 0.395. The van der Waals surface area contributed by atoms with Gasteiger partial charge >= 0.3 is 12.4 Å². The van der Waals surface area contributed by atoms with E-state index in [4.69, 9.17) is 0 Å². The maximum atomic E-state index is 13.7. The number of nitrogens with one attached hydrogen (secondary N) is 1. The number of imidazole rings is 1. The van der Waals surface area contributed by atoms with Crippen molar-refractivity contribution >= 4 is 22.4 Å². The first-order valence-corrected chi connectivity index (χ1v) is 9.42. The van der Waals surface area contributed by atoms with Crippen molar-refractivity contribution in [2.45, 2.75) is 24.7 Å². The lowest BCUT2D eigenvalue weighted by atomic mass is 9.98. The molecule has 0 fully saturated rings. The van der Waals surface area contributed by atoms with Crippen molar-refractivity contribution < 1.29 is 26.3 Å². The minimum absolute atomic E-state index is 0.0808. The number of aromatic amines is 1. The molecule has 2 aromatic carbocycles. The van der Waals surface area contributed by atoms with Crippen molar-refractivity contribution in [2.75, 3.05) is 0 Å². The first-order valence-electron chi connectivity index (χ1n) is 8.61. The lowest BCUT2D eigenvalue weighted by Gasteiger charge is -2.18. The van der Waals surface area contributed by atoms with Gasteiger partial charge in [-0.25, -0.2) is 4.98 Å². The number of aromatic nitrogens is 4. The van der Waals surface area contributed by atoms with Crippen LogP contribution in [0.15, 0.2) is 48.8 Å². The minimum atomic E-state index is -4.70. The highest BCUT2D eigenvalue weighted by Crippen LogP contribution is 2.41. The molecule has 0 aliphatic heterocycles. The predicted molar refractivity (Wildman–Crippen MR) is 98.9 cm³/mol. The molecule has 1 unspecified atom stereocenters. The van der Waals surface area contributed by atoms with Crippen LogP contribution in [0.4, 0.5) is 26.3 Å². The van der Waals surface area contributed by atoms with Gasteiger partial charge in [0.2, 0.25) is 0 Å². The molecule has 11 heteroatoms. The molecule has 30 heavy (non-hydrogen) atoms. The molecule has 0 saturated carbocycles. The van der Waals surface area contributed by atoms with Crippen molar-refractivity contribution in [1.29, 1.82) is 0 Å². The number of halogens is 6. The Morgan fingerprint density at radius 2 is 1.77 bits per heavy atom. The third-order valence-electron chi connectivity index (χ3n) is 4.50. The molecule has 4 nitrogen and oxygen atoms in total. The van der Waals surface area contributed by atoms with Gasteiger partial charge in [-0.3, -0.25) is 0 Å². The normalized spacial score (nSPS) is 13.7. The lowest BCUT2D eigenvalue weighted by Crippen LogP contribution is -2.23. The van der Waals surface area contributed by atoms with Gasteiger partial charge in [-0.15, -0.1) is 10.2 Å². The molecule has 0 aliphatic carbocycles. The number of H-pyrrole nitrogens is 1. The molecular formula is C19H12F6N4S. The Balaban J connectivity index is 1.65. The van der Waals surface area contributed by atoms with E-state index < -0.39 is 30.3 Å². The van der Waals surface area contributed by atoms with Crippen molar-refractivity contribution in [3.63, 3.8) is 0 Å².